The third kappa shape index (κ3) is 2.86. The first-order valence-corrected chi connectivity index (χ1v) is 6.35. The van der Waals surface area contributed by atoms with E-state index in [9.17, 15) is 5.11 Å². The molecule has 0 bridgehead atoms. The molecule has 3 heteroatoms. The first kappa shape index (κ1) is 14.2. The summed E-state index contributed by atoms with van der Waals surface area (Å²) in [5.41, 5.74) is 14.4. The van der Waals surface area contributed by atoms with Gasteiger partial charge in [-0.2, -0.15) is 0 Å². The monoisotopic (exact) mass is 236 g/mol. The fourth-order valence-corrected chi connectivity index (χ4v) is 2.16. The second-order valence-electron chi connectivity index (χ2n) is 4.54. The summed E-state index contributed by atoms with van der Waals surface area (Å²) in [6, 6.07) is 5.85. The SMILES string of the molecule is CCc1c(C(O)CC)cccc1C(N)(N)CC. The molecule has 5 N–H and O–H groups in total. The lowest BCUT2D eigenvalue weighted by molar-refractivity contribution is 0.172. The maximum absolute atomic E-state index is 10.0. The molecular weight excluding hydrogens is 212 g/mol. The van der Waals surface area contributed by atoms with E-state index < -0.39 is 11.8 Å². The van der Waals surface area contributed by atoms with Gasteiger partial charge in [-0.15, -0.1) is 0 Å². The highest BCUT2D eigenvalue weighted by atomic mass is 16.3. The van der Waals surface area contributed by atoms with E-state index in [0.717, 1.165) is 23.1 Å². The van der Waals surface area contributed by atoms with Gasteiger partial charge in [0.05, 0.1) is 11.8 Å². The highest BCUT2D eigenvalue weighted by Crippen LogP contribution is 2.29. The van der Waals surface area contributed by atoms with Crippen molar-refractivity contribution in [2.45, 2.75) is 51.8 Å². The fourth-order valence-electron chi connectivity index (χ4n) is 2.16. The smallest absolute Gasteiger partial charge is 0.0899 e. The average molecular weight is 236 g/mol. The summed E-state index contributed by atoms with van der Waals surface area (Å²) in [4.78, 5) is 0. The van der Waals surface area contributed by atoms with Crippen LogP contribution < -0.4 is 11.5 Å². The molecule has 0 aromatic heterocycles. The predicted molar refractivity (Wildman–Crippen MR) is 71.4 cm³/mol. The van der Waals surface area contributed by atoms with E-state index in [1.165, 1.54) is 0 Å². The van der Waals surface area contributed by atoms with E-state index in [0.29, 0.717) is 12.8 Å². The number of nitrogens with two attached hydrogens (primary N) is 2. The van der Waals surface area contributed by atoms with Crippen molar-refractivity contribution in [3.05, 3.63) is 34.9 Å². The van der Waals surface area contributed by atoms with Crippen molar-refractivity contribution in [2.24, 2.45) is 11.5 Å². The molecule has 0 saturated carbocycles. The molecule has 17 heavy (non-hydrogen) atoms. The summed E-state index contributed by atoms with van der Waals surface area (Å²) in [6.45, 7) is 6.01. The van der Waals surface area contributed by atoms with Gasteiger partial charge in [-0.05, 0) is 36.0 Å². The Bertz CT molecular complexity index is 374. The Hall–Kier alpha value is -0.900. The normalized spacial score (nSPS) is 13.8. The molecule has 0 spiro atoms. The molecule has 0 heterocycles. The molecular formula is C14H24N2O. The molecule has 0 aliphatic rings. The summed E-state index contributed by atoms with van der Waals surface area (Å²) in [7, 11) is 0. The summed E-state index contributed by atoms with van der Waals surface area (Å²) in [5, 5.41) is 10.0. The molecule has 0 aliphatic heterocycles. The van der Waals surface area contributed by atoms with E-state index in [1.54, 1.807) is 0 Å². The molecule has 3 nitrogen and oxygen atoms in total. The van der Waals surface area contributed by atoms with E-state index in [4.69, 9.17) is 11.5 Å². The average Bonchev–Trinajstić information content (AvgIpc) is 2.36. The van der Waals surface area contributed by atoms with Crippen molar-refractivity contribution in [1.82, 2.24) is 0 Å². The van der Waals surface area contributed by atoms with Crippen molar-refractivity contribution < 1.29 is 5.11 Å². The predicted octanol–water partition coefficient (Wildman–Crippen LogP) is 2.17. The van der Waals surface area contributed by atoms with Gasteiger partial charge in [-0.3, -0.25) is 0 Å². The number of rotatable bonds is 5. The third-order valence-electron chi connectivity index (χ3n) is 3.40. The van der Waals surface area contributed by atoms with Crippen LogP contribution in [0.5, 0.6) is 0 Å². The quantitative estimate of drug-likeness (QED) is 0.686. The second-order valence-corrected chi connectivity index (χ2v) is 4.54. The molecule has 0 fully saturated rings. The van der Waals surface area contributed by atoms with Gasteiger partial charge in [0.2, 0.25) is 0 Å². The van der Waals surface area contributed by atoms with Gasteiger partial charge < -0.3 is 16.6 Å². The van der Waals surface area contributed by atoms with Gasteiger partial charge in [-0.1, -0.05) is 39.0 Å². The molecule has 1 atom stereocenters. The van der Waals surface area contributed by atoms with E-state index in [-0.39, 0.29) is 0 Å². The van der Waals surface area contributed by atoms with Crippen LogP contribution in [-0.4, -0.2) is 5.11 Å². The molecule has 1 aromatic carbocycles. The van der Waals surface area contributed by atoms with Crippen LogP contribution in [0.2, 0.25) is 0 Å². The van der Waals surface area contributed by atoms with Gasteiger partial charge in [0.1, 0.15) is 0 Å². The van der Waals surface area contributed by atoms with Gasteiger partial charge in [0.25, 0.3) is 0 Å². The van der Waals surface area contributed by atoms with Crippen LogP contribution in [0.3, 0.4) is 0 Å². The minimum atomic E-state index is -0.811. The zero-order valence-electron chi connectivity index (χ0n) is 11.0. The third-order valence-corrected chi connectivity index (χ3v) is 3.40. The van der Waals surface area contributed by atoms with E-state index >= 15 is 0 Å². The van der Waals surface area contributed by atoms with Crippen molar-refractivity contribution in [1.29, 1.82) is 0 Å². The summed E-state index contributed by atoms with van der Waals surface area (Å²) in [5.74, 6) is 0. The topological polar surface area (TPSA) is 72.3 Å². The summed E-state index contributed by atoms with van der Waals surface area (Å²) >= 11 is 0. The number of hydrogen-bond acceptors (Lipinski definition) is 3. The largest absolute Gasteiger partial charge is 0.388 e. The van der Waals surface area contributed by atoms with Crippen molar-refractivity contribution in [3.8, 4) is 0 Å². The number of aliphatic hydroxyl groups excluding tert-OH is 1. The zero-order valence-corrected chi connectivity index (χ0v) is 11.0. The van der Waals surface area contributed by atoms with Gasteiger partial charge in [0.15, 0.2) is 0 Å². The van der Waals surface area contributed by atoms with Crippen LogP contribution in [-0.2, 0) is 12.1 Å². The molecule has 1 unspecified atom stereocenters. The molecule has 1 aromatic rings. The van der Waals surface area contributed by atoms with Crippen molar-refractivity contribution >= 4 is 0 Å². The molecule has 0 aliphatic carbocycles. The lowest BCUT2D eigenvalue weighted by Crippen LogP contribution is -2.46. The Labute approximate surface area is 104 Å². The van der Waals surface area contributed by atoms with Crippen molar-refractivity contribution in [3.63, 3.8) is 0 Å². The first-order valence-electron chi connectivity index (χ1n) is 6.35. The summed E-state index contributed by atoms with van der Waals surface area (Å²) in [6.07, 6.45) is 1.77. The van der Waals surface area contributed by atoms with Gasteiger partial charge in [0, 0.05) is 0 Å². The van der Waals surface area contributed by atoms with E-state index in [2.05, 4.69) is 6.92 Å². The van der Waals surface area contributed by atoms with Gasteiger partial charge in [-0.25, -0.2) is 0 Å². The summed E-state index contributed by atoms with van der Waals surface area (Å²) < 4.78 is 0. The van der Waals surface area contributed by atoms with Crippen LogP contribution in [0.25, 0.3) is 0 Å². The molecule has 0 amide bonds. The zero-order chi connectivity index (χ0) is 13.1. The Morgan fingerprint density at radius 1 is 1.24 bits per heavy atom. The van der Waals surface area contributed by atoms with Crippen LogP contribution in [0.1, 0.15) is 56.4 Å². The minimum absolute atomic E-state index is 0.433. The van der Waals surface area contributed by atoms with Crippen molar-refractivity contribution in [2.75, 3.05) is 0 Å². The molecule has 0 saturated heterocycles. The standard InChI is InChI=1S/C14H24N2O/c1-4-10-11(13(17)5-2)8-7-9-12(10)14(15,16)6-3/h7-9,13,17H,4-6,15-16H2,1-3H3. The van der Waals surface area contributed by atoms with E-state index in [1.807, 2.05) is 32.0 Å². The second kappa shape index (κ2) is 5.63. The Morgan fingerprint density at radius 2 is 1.88 bits per heavy atom. The van der Waals surface area contributed by atoms with Crippen LogP contribution >= 0.6 is 0 Å². The fraction of sp³-hybridized carbons (Fsp3) is 0.571. The lowest BCUT2D eigenvalue weighted by atomic mass is 9.87. The van der Waals surface area contributed by atoms with Crippen LogP contribution in [0.4, 0.5) is 0 Å². The highest BCUT2D eigenvalue weighted by Gasteiger charge is 2.24. The minimum Gasteiger partial charge on any atom is -0.388 e. The maximum Gasteiger partial charge on any atom is 0.0899 e. The maximum atomic E-state index is 10.0. The molecule has 0 radical (unpaired) electrons. The Morgan fingerprint density at radius 3 is 2.35 bits per heavy atom. The Balaban J connectivity index is 3.33. The molecule has 96 valence electrons. The number of aliphatic hydroxyl groups is 1. The molecule has 1 rings (SSSR count). The van der Waals surface area contributed by atoms with Crippen LogP contribution in [0.15, 0.2) is 18.2 Å². The lowest BCUT2D eigenvalue weighted by Gasteiger charge is -2.28. The van der Waals surface area contributed by atoms with Crippen LogP contribution in [0, 0.1) is 0 Å². The highest BCUT2D eigenvalue weighted by molar-refractivity contribution is 5.40. The number of hydrogen-bond donors (Lipinski definition) is 3. The number of benzene rings is 1. The van der Waals surface area contributed by atoms with Gasteiger partial charge >= 0.3 is 0 Å². The Kier molecular flexibility index (Phi) is 4.69. The first-order chi connectivity index (χ1) is 7.97.